The lowest BCUT2D eigenvalue weighted by Crippen LogP contribution is -2.29. The maximum Gasteiger partial charge on any atom is 0.251 e. The molecule has 0 heterocycles. The molecule has 0 radical (unpaired) electrons. The van der Waals surface area contributed by atoms with E-state index >= 15 is 0 Å². The first-order valence-corrected chi connectivity index (χ1v) is 9.66. The van der Waals surface area contributed by atoms with Crippen LogP contribution in [0.1, 0.15) is 10.4 Å². The Bertz CT molecular complexity index is 856. The second kappa shape index (κ2) is 10.0. The van der Waals surface area contributed by atoms with E-state index in [1.54, 1.807) is 12.1 Å². The maximum absolute atomic E-state index is 13.4. The zero-order valence-electron chi connectivity index (χ0n) is 14.8. The number of hydrogen-bond donors (Lipinski definition) is 2. The van der Waals surface area contributed by atoms with Crippen LogP contribution in [0.4, 0.5) is 4.39 Å². The van der Waals surface area contributed by atoms with Gasteiger partial charge in [-0.3, -0.25) is 4.79 Å². The van der Waals surface area contributed by atoms with E-state index in [0.717, 1.165) is 0 Å². The topological polar surface area (TPSA) is 93.7 Å². The Morgan fingerprint density at radius 2 is 1.74 bits per heavy atom. The van der Waals surface area contributed by atoms with Crippen molar-refractivity contribution in [2.24, 2.45) is 0 Å². The van der Waals surface area contributed by atoms with E-state index in [0.29, 0.717) is 5.56 Å². The smallest absolute Gasteiger partial charge is 0.251 e. The molecule has 0 unspecified atom stereocenters. The summed E-state index contributed by atoms with van der Waals surface area (Å²) >= 11 is 0. The van der Waals surface area contributed by atoms with Gasteiger partial charge in [0.25, 0.3) is 5.91 Å². The molecule has 0 spiro atoms. The van der Waals surface area contributed by atoms with Gasteiger partial charge in [-0.25, -0.2) is 17.5 Å². The Labute approximate surface area is 157 Å². The van der Waals surface area contributed by atoms with Crippen LogP contribution in [0.2, 0.25) is 0 Å². The molecule has 0 saturated carbocycles. The van der Waals surface area contributed by atoms with Gasteiger partial charge in [0.15, 0.2) is 11.6 Å². The van der Waals surface area contributed by atoms with Gasteiger partial charge >= 0.3 is 0 Å². The van der Waals surface area contributed by atoms with Crippen molar-refractivity contribution in [3.8, 4) is 5.75 Å². The van der Waals surface area contributed by atoms with Crippen LogP contribution in [0.25, 0.3) is 0 Å². The second-order valence-corrected chi connectivity index (χ2v) is 7.22. The van der Waals surface area contributed by atoms with Gasteiger partial charge in [0.05, 0.1) is 18.0 Å². The third-order valence-electron chi connectivity index (χ3n) is 3.51. The molecule has 0 fully saturated rings. The van der Waals surface area contributed by atoms with Crippen molar-refractivity contribution in [2.45, 2.75) is 4.90 Å². The van der Waals surface area contributed by atoms with Crippen molar-refractivity contribution in [3.63, 3.8) is 0 Å². The van der Waals surface area contributed by atoms with Gasteiger partial charge in [0.2, 0.25) is 10.0 Å². The van der Waals surface area contributed by atoms with Gasteiger partial charge < -0.3 is 14.8 Å². The van der Waals surface area contributed by atoms with E-state index < -0.39 is 15.8 Å². The molecule has 2 rings (SSSR count). The first-order chi connectivity index (χ1) is 12.9. The van der Waals surface area contributed by atoms with Crippen molar-refractivity contribution in [3.05, 3.63) is 59.9 Å². The van der Waals surface area contributed by atoms with Gasteiger partial charge in [-0.1, -0.05) is 12.1 Å². The Morgan fingerprint density at radius 3 is 2.41 bits per heavy atom. The Morgan fingerprint density at radius 1 is 1.04 bits per heavy atom. The molecule has 27 heavy (non-hydrogen) atoms. The first-order valence-electron chi connectivity index (χ1n) is 8.18. The lowest BCUT2D eigenvalue weighted by molar-refractivity contribution is 0.0946. The number of rotatable bonds is 10. The molecule has 0 aliphatic rings. The fourth-order valence-corrected chi connectivity index (χ4v) is 3.15. The number of carbonyl (C=O) groups is 1. The third-order valence-corrected chi connectivity index (χ3v) is 4.98. The highest BCUT2D eigenvalue weighted by Crippen LogP contribution is 2.15. The predicted octanol–water partition coefficient (Wildman–Crippen LogP) is 1.56. The quantitative estimate of drug-likeness (QED) is 0.595. The highest BCUT2D eigenvalue weighted by molar-refractivity contribution is 7.89. The minimum Gasteiger partial charge on any atom is -0.489 e. The summed E-state index contributed by atoms with van der Waals surface area (Å²) in [6.45, 7) is 0.687. The van der Waals surface area contributed by atoms with Crippen molar-refractivity contribution in [2.75, 3.05) is 33.4 Å². The second-order valence-electron chi connectivity index (χ2n) is 5.45. The zero-order chi connectivity index (χ0) is 19.7. The van der Waals surface area contributed by atoms with Crippen molar-refractivity contribution in [1.29, 1.82) is 0 Å². The Hall–Kier alpha value is -2.49. The van der Waals surface area contributed by atoms with Gasteiger partial charge in [-0.2, -0.15) is 0 Å². The lowest BCUT2D eigenvalue weighted by atomic mass is 10.2. The van der Waals surface area contributed by atoms with E-state index in [4.69, 9.17) is 9.47 Å². The van der Waals surface area contributed by atoms with Crippen LogP contribution in [-0.2, 0) is 14.8 Å². The number of carbonyl (C=O) groups excluding carboxylic acids is 1. The molecule has 2 aromatic rings. The standard InChI is InChI=1S/C18H21FN2O5S/c1-25-12-11-21-27(23,24)15-8-6-14(7-9-15)18(22)20-10-13-26-17-5-3-2-4-16(17)19/h2-9,21H,10-13H2,1H3,(H,20,22). The number of hydrogen-bond acceptors (Lipinski definition) is 5. The van der Waals surface area contributed by atoms with E-state index in [2.05, 4.69) is 10.0 Å². The summed E-state index contributed by atoms with van der Waals surface area (Å²) in [6.07, 6.45) is 0. The van der Waals surface area contributed by atoms with Crippen LogP contribution in [0.5, 0.6) is 5.75 Å². The largest absolute Gasteiger partial charge is 0.489 e. The normalized spacial score (nSPS) is 11.2. The molecule has 0 atom stereocenters. The summed E-state index contributed by atoms with van der Waals surface area (Å²) in [5.41, 5.74) is 0.303. The van der Waals surface area contributed by atoms with Crippen LogP contribution in [-0.4, -0.2) is 47.7 Å². The van der Waals surface area contributed by atoms with Crippen molar-refractivity contribution >= 4 is 15.9 Å². The SMILES string of the molecule is COCCNS(=O)(=O)c1ccc(C(=O)NCCOc2ccccc2F)cc1. The summed E-state index contributed by atoms with van der Waals surface area (Å²) in [5, 5.41) is 2.62. The van der Waals surface area contributed by atoms with Crippen LogP contribution in [0.3, 0.4) is 0 Å². The van der Waals surface area contributed by atoms with Gasteiger partial charge in [-0.15, -0.1) is 0 Å². The van der Waals surface area contributed by atoms with Crippen LogP contribution in [0, 0.1) is 5.82 Å². The number of ether oxygens (including phenoxy) is 2. The minimum absolute atomic E-state index is 0.0537. The molecule has 0 aliphatic heterocycles. The number of nitrogens with one attached hydrogen (secondary N) is 2. The molecule has 1 amide bonds. The molecule has 146 valence electrons. The minimum atomic E-state index is -3.65. The summed E-state index contributed by atoms with van der Waals surface area (Å²) in [7, 11) is -2.17. The van der Waals surface area contributed by atoms with Gasteiger partial charge in [0.1, 0.15) is 6.61 Å². The summed E-state index contributed by atoms with van der Waals surface area (Å²) in [4.78, 5) is 12.1. The van der Waals surface area contributed by atoms with E-state index in [1.807, 2.05) is 0 Å². The fourth-order valence-electron chi connectivity index (χ4n) is 2.14. The van der Waals surface area contributed by atoms with Crippen molar-refractivity contribution < 1.29 is 27.1 Å². The highest BCUT2D eigenvalue weighted by atomic mass is 32.2. The average Bonchev–Trinajstić information content (AvgIpc) is 2.66. The number of methoxy groups -OCH3 is 1. The average molecular weight is 396 g/mol. The Kier molecular flexibility index (Phi) is 7.71. The number of sulfonamides is 1. The Balaban J connectivity index is 1.84. The molecule has 0 bridgehead atoms. The first kappa shape index (κ1) is 20.8. The molecular weight excluding hydrogens is 375 g/mol. The van der Waals surface area contributed by atoms with Crippen LogP contribution < -0.4 is 14.8 Å². The number of benzene rings is 2. The summed E-state index contributed by atoms with van der Waals surface area (Å²) < 4.78 is 49.9. The van der Waals surface area contributed by atoms with Gasteiger partial charge in [0, 0.05) is 19.2 Å². The molecule has 0 aromatic heterocycles. The molecular formula is C18H21FN2O5S. The monoisotopic (exact) mass is 396 g/mol. The van der Waals surface area contributed by atoms with Crippen LogP contribution >= 0.6 is 0 Å². The molecule has 0 aliphatic carbocycles. The number of para-hydroxylation sites is 1. The van der Waals surface area contributed by atoms with Crippen molar-refractivity contribution in [1.82, 2.24) is 10.0 Å². The highest BCUT2D eigenvalue weighted by Gasteiger charge is 2.14. The van der Waals surface area contributed by atoms with Crippen LogP contribution in [0.15, 0.2) is 53.4 Å². The van der Waals surface area contributed by atoms with E-state index in [9.17, 15) is 17.6 Å². The summed E-state index contributed by atoms with van der Waals surface area (Å²) in [6, 6.07) is 11.5. The van der Waals surface area contributed by atoms with E-state index in [1.165, 1.54) is 43.5 Å². The molecule has 9 heteroatoms. The molecule has 2 N–H and O–H groups in total. The fraction of sp³-hybridized carbons (Fsp3) is 0.278. The van der Waals surface area contributed by atoms with Gasteiger partial charge in [-0.05, 0) is 36.4 Å². The number of amides is 1. The zero-order valence-corrected chi connectivity index (χ0v) is 15.6. The third kappa shape index (κ3) is 6.31. The number of halogens is 1. The molecule has 2 aromatic carbocycles. The molecule has 7 nitrogen and oxygen atoms in total. The summed E-state index contributed by atoms with van der Waals surface area (Å²) in [5.74, 6) is -0.745. The van der Waals surface area contributed by atoms with E-state index in [-0.39, 0.29) is 42.9 Å². The maximum atomic E-state index is 13.4. The predicted molar refractivity (Wildman–Crippen MR) is 97.7 cm³/mol. The molecule has 0 saturated heterocycles. The lowest BCUT2D eigenvalue weighted by Gasteiger charge is -2.09.